The molecular weight excluding hydrogens is 354 g/mol. The van der Waals surface area contributed by atoms with Crippen molar-refractivity contribution in [1.29, 1.82) is 0 Å². The van der Waals surface area contributed by atoms with E-state index < -0.39 is 10.9 Å². The molecule has 0 unspecified atom stereocenters. The average molecular weight is 369 g/mol. The van der Waals surface area contributed by atoms with Gasteiger partial charge in [-0.25, -0.2) is 9.78 Å². The monoisotopic (exact) mass is 369 g/mol. The molecule has 0 aliphatic heterocycles. The Morgan fingerprint density at radius 3 is 2.77 bits per heavy atom. The minimum Gasteiger partial charge on any atom is -0.456 e. The van der Waals surface area contributed by atoms with E-state index in [4.69, 9.17) is 4.74 Å². The lowest BCUT2D eigenvalue weighted by Gasteiger charge is -2.03. The lowest BCUT2D eigenvalue weighted by molar-refractivity contribution is -0.384. The van der Waals surface area contributed by atoms with Gasteiger partial charge in [-0.2, -0.15) is 0 Å². The number of anilines is 2. The zero-order valence-electron chi connectivity index (χ0n) is 13.8. The number of carbonyl (C=O) groups is 1. The quantitative estimate of drug-likeness (QED) is 0.392. The molecule has 0 saturated heterocycles. The van der Waals surface area contributed by atoms with Crippen LogP contribution in [0.25, 0.3) is 0 Å². The molecule has 0 bridgehead atoms. The number of hydrogen-bond donors (Lipinski definition) is 1. The van der Waals surface area contributed by atoms with Gasteiger partial charge in [0.05, 0.1) is 16.2 Å². The second-order valence-electron chi connectivity index (χ2n) is 5.52. The van der Waals surface area contributed by atoms with Crippen LogP contribution in [0.2, 0.25) is 0 Å². The number of nitrogens with one attached hydrogen (secondary N) is 1. The molecule has 2 aromatic carbocycles. The van der Waals surface area contributed by atoms with Gasteiger partial charge >= 0.3 is 5.97 Å². The van der Waals surface area contributed by atoms with Crippen LogP contribution in [0, 0.1) is 17.0 Å². The SMILES string of the molecule is Cc1ccc(Nc2nc(COC(=O)c3cccc([N+](=O)[O-])c3)cs2)cc1. The van der Waals surface area contributed by atoms with Crippen LogP contribution in [0.5, 0.6) is 0 Å². The van der Waals surface area contributed by atoms with Crippen molar-refractivity contribution in [3.8, 4) is 0 Å². The van der Waals surface area contributed by atoms with Crippen LogP contribution in [0.1, 0.15) is 21.6 Å². The van der Waals surface area contributed by atoms with Crippen LogP contribution in [-0.2, 0) is 11.3 Å². The molecule has 0 saturated carbocycles. The van der Waals surface area contributed by atoms with Gasteiger partial charge in [0.1, 0.15) is 6.61 Å². The first kappa shape index (κ1) is 17.6. The number of nitrogens with zero attached hydrogens (tertiary/aromatic N) is 2. The van der Waals surface area contributed by atoms with Crippen molar-refractivity contribution < 1.29 is 14.5 Å². The van der Waals surface area contributed by atoms with Crippen LogP contribution >= 0.6 is 11.3 Å². The first-order chi connectivity index (χ1) is 12.5. The highest BCUT2D eigenvalue weighted by Crippen LogP contribution is 2.22. The fourth-order valence-electron chi connectivity index (χ4n) is 2.16. The second kappa shape index (κ2) is 7.75. The van der Waals surface area contributed by atoms with E-state index in [-0.39, 0.29) is 17.9 Å². The van der Waals surface area contributed by atoms with Gasteiger partial charge in [0.25, 0.3) is 5.69 Å². The molecular formula is C18H15N3O4S. The summed E-state index contributed by atoms with van der Waals surface area (Å²) in [5.41, 5.74) is 2.67. The van der Waals surface area contributed by atoms with Crippen LogP contribution in [0.3, 0.4) is 0 Å². The lowest BCUT2D eigenvalue weighted by atomic mass is 10.2. The maximum absolute atomic E-state index is 12.0. The zero-order valence-corrected chi connectivity index (χ0v) is 14.7. The van der Waals surface area contributed by atoms with Gasteiger partial charge < -0.3 is 10.1 Å². The summed E-state index contributed by atoms with van der Waals surface area (Å²) >= 11 is 1.40. The molecule has 3 aromatic rings. The molecule has 0 aliphatic carbocycles. The number of carbonyl (C=O) groups excluding carboxylic acids is 1. The summed E-state index contributed by atoms with van der Waals surface area (Å²) in [6, 6.07) is 13.3. The molecule has 0 aliphatic rings. The standard InChI is InChI=1S/C18H15N3O4S/c1-12-5-7-14(8-6-12)19-18-20-15(11-26-18)10-25-17(22)13-3-2-4-16(9-13)21(23)24/h2-9,11H,10H2,1H3,(H,19,20). The lowest BCUT2D eigenvalue weighted by Crippen LogP contribution is -2.06. The van der Waals surface area contributed by atoms with E-state index in [1.54, 1.807) is 5.38 Å². The number of non-ortho nitro benzene ring substituents is 1. The largest absolute Gasteiger partial charge is 0.456 e. The predicted molar refractivity (Wildman–Crippen MR) is 98.8 cm³/mol. The molecule has 8 heteroatoms. The van der Waals surface area contributed by atoms with Crippen molar-refractivity contribution in [1.82, 2.24) is 4.98 Å². The van der Waals surface area contributed by atoms with Gasteiger partial charge in [-0.05, 0) is 25.1 Å². The molecule has 1 heterocycles. The molecule has 7 nitrogen and oxygen atoms in total. The Morgan fingerprint density at radius 1 is 1.27 bits per heavy atom. The van der Waals surface area contributed by atoms with Crippen molar-refractivity contribution in [3.05, 3.63) is 80.8 Å². The first-order valence-corrected chi connectivity index (χ1v) is 8.59. The maximum Gasteiger partial charge on any atom is 0.338 e. The van der Waals surface area contributed by atoms with Gasteiger partial charge in [-0.15, -0.1) is 11.3 Å². The van der Waals surface area contributed by atoms with E-state index in [0.29, 0.717) is 10.8 Å². The number of benzene rings is 2. The number of aryl methyl sites for hydroxylation is 1. The number of aromatic nitrogens is 1. The van der Waals surface area contributed by atoms with Gasteiger partial charge in [-0.1, -0.05) is 23.8 Å². The fraction of sp³-hybridized carbons (Fsp3) is 0.111. The van der Waals surface area contributed by atoms with E-state index in [1.165, 1.54) is 41.2 Å². The second-order valence-corrected chi connectivity index (χ2v) is 6.38. The summed E-state index contributed by atoms with van der Waals surface area (Å²) in [7, 11) is 0. The Bertz CT molecular complexity index is 938. The molecule has 132 valence electrons. The van der Waals surface area contributed by atoms with Crippen LogP contribution in [0.15, 0.2) is 53.9 Å². The van der Waals surface area contributed by atoms with E-state index in [1.807, 2.05) is 31.2 Å². The van der Waals surface area contributed by atoms with Gasteiger partial charge in [-0.3, -0.25) is 10.1 Å². The van der Waals surface area contributed by atoms with Gasteiger partial charge in [0.15, 0.2) is 5.13 Å². The zero-order chi connectivity index (χ0) is 18.5. The Morgan fingerprint density at radius 2 is 2.04 bits per heavy atom. The molecule has 0 radical (unpaired) electrons. The van der Waals surface area contributed by atoms with Gasteiger partial charge in [0, 0.05) is 23.2 Å². The van der Waals surface area contributed by atoms with E-state index in [2.05, 4.69) is 10.3 Å². The third kappa shape index (κ3) is 4.42. The topological polar surface area (TPSA) is 94.4 Å². The smallest absolute Gasteiger partial charge is 0.338 e. The number of thiazole rings is 1. The summed E-state index contributed by atoms with van der Waals surface area (Å²) in [5, 5.41) is 16.4. The fourth-order valence-corrected chi connectivity index (χ4v) is 2.88. The number of nitro benzene ring substituents is 1. The van der Waals surface area contributed by atoms with Crippen molar-refractivity contribution in [2.75, 3.05) is 5.32 Å². The predicted octanol–water partition coefficient (Wildman–Crippen LogP) is 4.46. The molecule has 0 spiro atoms. The number of hydrogen-bond acceptors (Lipinski definition) is 7. The van der Waals surface area contributed by atoms with E-state index in [9.17, 15) is 14.9 Å². The summed E-state index contributed by atoms with van der Waals surface area (Å²) in [4.78, 5) is 26.6. The van der Waals surface area contributed by atoms with Gasteiger partial charge in [0.2, 0.25) is 0 Å². The molecule has 3 rings (SSSR count). The molecule has 0 amide bonds. The summed E-state index contributed by atoms with van der Waals surface area (Å²) in [6.07, 6.45) is 0. The third-order valence-electron chi connectivity index (χ3n) is 3.50. The molecule has 0 fully saturated rings. The Balaban J connectivity index is 1.59. The molecule has 1 aromatic heterocycles. The van der Waals surface area contributed by atoms with Crippen molar-refractivity contribution >= 4 is 33.8 Å². The third-order valence-corrected chi connectivity index (χ3v) is 4.30. The minimum atomic E-state index is -0.630. The van der Waals surface area contributed by atoms with Crippen LogP contribution in [-0.4, -0.2) is 15.9 Å². The number of ether oxygens (including phenoxy) is 1. The average Bonchev–Trinajstić information content (AvgIpc) is 3.09. The molecule has 26 heavy (non-hydrogen) atoms. The molecule has 0 atom stereocenters. The molecule has 1 N–H and O–H groups in total. The first-order valence-electron chi connectivity index (χ1n) is 7.71. The van der Waals surface area contributed by atoms with Crippen LogP contribution < -0.4 is 5.32 Å². The van der Waals surface area contributed by atoms with E-state index in [0.717, 1.165) is 5.69 Å². The van der Waals surface area contributed by atoms with Crippen molar-refractivity contribution in [2.24, 2.45) is 0 Å². The Labute approximate surface area is 153 Å². The van der Waals surface area contributed by atoms with Crippen LogP contribution in [0.4, 0.5) is 16.5 Å². The Kier molecular flexibility index (Phi) is 5.23. The highest BCUT2D eigenvalue weighted by molar-refractivity contribution is 7.13. The maximum atomic E-state index is 12.0. The van der Waals surface area contributed by atoms with E-state index >= 15 is 0 Å². The summed E-state index contributed by atoms with van der Waals surface area (Å²) in [6.45, 7) is 2.01. The highest BCUT2D eigenvalue weighted by Gasteiger charge is 2.13. The highest BCUT2D eigenvalue weighted by atomic mass is 32.1. The number of esters is 1. The van der Waals surface area contributed by atoms with Crippen molar-refractivity contribution in [3.63, 3.8) is 0 Å². The Hall–Kier alpha value is -3.26. The summed E-state index contributed by atoms with van der Waals surface area (Å²) in [5.74, 6) is -0.630. The number of nitro groups is 1. The summed E-state index contributed by atoms with van der Waals surface area (Å²) < 4.78 is 5.18. The van der Waals surface area contributed by atoms with Crippen molar-refractivity contribution in [2.45, 2.75) is 13.5 Å². The normalized spacial score (nSPS) is 10.3. The number of rotatable bonds is 6. The minimum absolute atomic E-state index is 0.00635.